The summed E-state index contributed by atoms with van der Waals surface area (Å²) in [5.41, 5.74) is 0. The number of urea groups is 1. The van der Waals surface area contributed by atoms with E-state index in [4.69, 9.17) is 5.11 Å². The molecule has 0 saturated carbocycles. The van der Waals surface area contributed by atoms with E-state index >= 15 is 0 Å². The summed E-state index contributed by atoms with van der Waals surface area (Å²) in [7, 11) is 0. The van der Waals surface area contributed by atoms with Gasteiger partial charge in [0, 0.05) is 30.1 Å². The lowest BCUT2D eigenvalue weighted by Crippen LogP contribution is -2.53. The van der Waals surface area contributed by atoms with Gasteiger partial charge < -0.3 is 14.9 Å². The number of carbonyl (C=O) groups is 2. The maximum atomic E-state index is 12.4. The minimum absolute atomic E-state index is 0.0619. The van der Waals surface area contributed by atoms with Crippen molar-refractivity contribution in [2.24, 2.45) is 0 Å². The second kappa shape index (κ2) is 4.99. The highest BCUT2D eigenvalue weighted by Gasteiger charge is 2.38. The summed E-state index contributed by atoms with van der Waals surface area (Å²) in [6.45, 7) is 6.22. The third-order valence-electron chi connectivity index (χ3n) is 3.48. The summed E-state index contributed by atoms with van der Waals surface area (Å²) in [4.78, 5) is 26.8. The zero-order chi connectivity index (χ0) is 13.3. The molecular weight excluding hydrogens is 252 g/mol. The van der Waals surface area contributed by atoms with Gasteiger partial charge in [0.15, 0.2) is 0 Å². The van der Waals surface area contributed by atoms with E-state index in [1.807, 2.05) is 11.8 Å². The van der Waals surface area contributed by atoms with Crippen LogP contribution in [0.25, 0.3) is 0 Å². The van der Waals surface area contributed by atoms with Gasteiger partial charge >= 0.3 is 12.0 Å². The Kier molecular flexibility index (Phi) is 3.75. The lowest BCUT2D eigenvalue weighted by Gasteiger charge is -2.39. The van der Waals surface area contributed by atoms with E-state index in [1.54, 1.807) is 4.90 Å². The van der Waals surface area contributed by atoms with Gasteiger partial charge in [-0.3, -0.25) is 0 Å². The van der Waals surface area contributed by atoms with Crippen molar-refractivity contribution < 1.29 is 14.7 Å². The van der Waals surface area contributed by atoms with Crippen molar-refractivity contribution in [3.8, 4) is 0 Å². The summed E-state index contributed by atoms with van der Waals surface area (Å²) in [6.07, 6.45) is 1.36. The molecule has 1 atom stereocenters. The third kappa shape index (κ3) is 2.74. The molecule has 102 valence electrons. The summed E-state index contributed by atoms with van der Waals surface area (Å²) in [5, 5.41) is 9.12. The SMILES string of the molecule is CC1(C)CN(C(=O)N2CCCC2C(=O)O)CCS1. The number of nitrogens with zero attached hydrogens (tertiary/aromatic N) is 2. The van der Waals surface area contributed by atoms with Crippen molar-refractivity contribution in [3.63, 3.8) is 0 Å². The average Bonchev–Trinajstić information content (AvgIpc) is 2.75. The van der Waals surface area contributed by atoms with E-state index < -0.39 is 12.0 Å². The second-order valence-electron chi connectivity index (χ2n) is 5.50. The monoisotopic (exact) mass is 272 g/mol. The summed E-state index contributed by atoms with van der Waals surface area (Å²) in [6, 6.07) is -0.733. The van der Waals surface area contributed by atoms with Crippen LogP contribution < -0.4 is 0 Å². The maximum Gasteiger partial charge on any atom is 0.326 e. The van der Waals surface area contributed by atoms with Crippen LogP contribution in [0.1, 0.15) is 26.7 Å². The normalized spacial score (nSPS) is 27.3. The number of hydrogen-bond acceptors (Lipinski definition) is 3. The third-order valence-corrected chi connectivity index (χ3v) is 4.78. The fourth-order valence-electron chi connectivity index (χ4n) is 2.61. The highest BCUT2D eigenvalue weighted by Crippen LogP contribution is 2.31. The molecule has 0 spiro atoms. The number of carboxylic acid groups (broad SMARTS) is 1. The molecular formula is C12H20N2O3S. The van der Waals surface area contributed by atoms with Crippen molar-refractivity contribution >= 4 is 23.8 Å². The standard InChI is InChI=1S/C12H20N2O3S/c1-12(2)8-13(6-7-18-12)11(17)14-5-3-4-9(14)10(15)16/h9H,3-8H2,1-2H3,(H,15,16). The Morgan fingerprint density at radius 2 is 2.06 bits per heavy atom. The first-order chi connectivity index (χ1) is 8.41. The van der Waals surface area contributed by atoms with Crippen molar-refractivity contribution in [2.75, 3.05) is 25.4 Å². The number of rotatable bonds is 1. The molecule has 0 aliphatic carbocycles. The molecule has 0 radical (unpaired) electrons. The van der Waals surface area contributed by atoms with Gasteiger partial charge in [0.1, 0.15) is 6.04 Å². The minimum atomic E-state index is -0.883. The van der Waals surface area contributed by atoms with Gasteiger partial charge in [0.2, 0.25) is 0 Å². The van der Waals surface area contributed by atoms with Gasteiger partial charge in [-0.25, -0.2) is 9.59 Å². The molecule has 2 amide bonds. The van der Waals surface area contributed by atoms with Crippen LogP contribution >= 0.6 is 11.8 Å². The molecule has 0 aromatic rings. The minimum Gasteiger partial charge on any atom is -0.480 e. The van der Waals surface area contributed by atoms with Gasteiger partial charge in [-0.15, -0.1) is 0 Å². The molecule has 0 aromatic heterocycles. The Balaban J connectivity index is 2.04. The molecule has 2 aliphatic heterocycles. The topological polar surface area (TPSA) is 60.9 Å². The first-order valence-corrected chi connectivity index (χ1v) is 7.31. The van der Waals surface area contributed by atoms with Crippen LogP contribution in [0.5, 0.6) is 0 Å². The predicted octanol–water partition coefficient (Wildman–Crippen LogP) is 1.48. The Labute approximate surface area is 112 Å². The fraction of sp³-hybridized carbons (Fsp3) is 0.833. The molecule has 2 heterocycles. The second-order valence-corrected chi connectivity index (χ2v) is 7.30. The van der Waals surface area contributed by atoms with E-state index in [-0.39, 0.29) is 10.8 Å². The number of aliphatic carboxylic acids is 1. The molecule has 6 heteroatoms. The first-order valence-electron chi connectivity index (χ1n) is 6.33. The zero-order valence-corrected chi connectivity index (χ0v) is 11.7. The molecule has 0 aromatic carbocycles. The Hall–Kier alpha value is -0.910. The number of carbonyl (C=O) groups excluding carboxylic acids is 1. The van der Waals surface area contributed by atoms with Crippen molar-refractivity contribution in [1.82, 2.24) is 9.80 Å². The smallest absolute Gasteiger partial charge is 0.326 e. The van der Waals surface area contributed by atoms with E-state index in [0.717, 1.165) is 18.7 Å². The van der Waals surface area contributed by atoms with E-state index in [2.05, 4.69) is 13.8 Å². The quantitative estimate of drug-likeness (QED) is 0.785. The molecule has 2 saturated heterocycles. The van der Waals surface area contributed by atoms with Crippen molar-refractivity contribution in [3.05, 3.63) is 0 Å². The van der Waals surface area contributed by atoms with Gasteiger partial charge in [0.25, 0.3) is 0 Å². The van der Waals surface area contributed by atoms with E-state index in [9.17, 15) is 9.59 Å². The van der Waals surface area contributed by atoms with Crippen LogP contribution in [-0.2, 0) is 4.79 Å². The van der Waals surface area contributed by atoms with Crippen LogP contribution in [0.15, 0.2) is 0 Å². The molecule has 2 fully saturated rings. The number of thioether (sulfide) groups is 1. The predicted molar refractivity (Wildman–Crippen MR) is 70.9 cm³/mol. The average molecular weight is 272 g/mol. The zero-order valence-electron chi connectivity index (χ0n) is 10.9. The molecule has 0 bridgehead atoms. The molecule has 2 aliphatic rings. The lowest BCUT2D eigenvalue weighted by molar-refractivity contribution is -0.141. The number of likely N-dealkylation sites (tertiary alicyclic amines) is 1. The molecule has 1 N–H and O–H groups in total. The maximum absolute atomic E-state index is 12.4. The highest BCUT2D eigenvalue weighted by atomic mass is 32.2. The molecule has 1 unspecified atom stereocenters. The summed E-state index contributed by atoms with van der Waals surface area (Å²) >= 11 is 1.86. The Bertz CT molecular complexity index is 359. The van der Waals surface area contributed by atoms with Gasteiger partial charge in [-0.1, -0.05) is 0 Å². The van der Waals surface area contributed by atoms with E-state index in [0.29, 0.717) is 19.5 Å². The molecule has 18 heavy (non-hydrogen) atoms. The summed E-state index contributed by atoms with van der Waals surface area (Å²) < 4.78 is 0.0619. The first kappa shape index (κ1) is 13.5. The van der Waals surface area contributed by atoms with Crippen LogP contribution in [-0.4, -0.2) is 63.1 Å². The highest BCUT2D eigenvalue weighted by molar-refractivity contribution is 8.00. The van der Waals surface area contributed by atoms with Gasteiger partial charge in [-0.2, -0.15) is 11.8 Å². The van der Waals surface area contributed by atoms with Crippen molar-refractivity contribution in [1.29, 1.82) is 0 Å². The van der Waals surface area contributed by atoms with Crippen LogP contribution in [0.2, 0.25) is 0 Å². The van der Waals surface area contributed by atoms with Gasteiger partial charge in [0.05, 0.1) is 0 Å². The van der Waals surface area contributed by atoms with Crippen LogP contribution in [0.3, 0.4) is 0 Å². The molecule has 2 rings (SSSR count). The lowest BCUT2D eigenvalue weighted by atomic mass is 10.2. The van der Waals surface area contributed by atoms with Crippen LogP contribution in [0.4, 0.5) is 4.79 Å². The largest absolute Gasteiger partial charge is 0.480 e. The number of amides is 2. The van der Waals surface area contributed by atoms with E-state index in [1.165, 1.54) is 4.90 Å². The number of hydrogen-bond donors (Lipinski definition) is 1. The Morgan fingerprint density at radius 3 is 2.67 bits per heavy atom. The van der Waals surface area contributed by atoms with Crippen LogP contribution in [0, 0.1) is 0 Å². The van der Waals surface area contributed by atoms with Crippen molar-refractivity contribution in [2.45, 2.75) is 37.5 Å². The summed E-state index contributed by atoms with van der Waals surface area (Å²) in [5.74, 6) is 0.0381. The fourth-order valence-corrected chi connectivity index (χ4v) is 3.73. The molecule has 5 nitrogen and oxygen atoms in total. The number of carboxylic acids is 1. The van der Waals surface area contributed by atoms with Gasteiger partial charge in [-0.05, 0) is 26.7 Å². The Morgan fingerprint density at radius 1 is 1.33 bits per heavy atom.